The first kappa shape index (κ1) is 21.0. The van der Waals surface area contributed by atoms with Crippen molar-refractivity contribution in [1.29, 1.82) is 0 Å². The monoisotopic (exact) mass is 436 g/mol. The maximum absolute atomic E-state index is 13.4. The maximum atomic E-state index is 13.4. The van der Waals surface area contributed by atoms with E-state index in [2.05, 4.69) is 22.9 Å². The van der Waals surface area contributed by atoms with Crippen LogP contribution >= 0.6 is 11.8 Å². The highest BCUT2D eigenvalue weighted by Gasteiger charge is 2.51. The van der Waals surface area contributed by atoms with Crippen LogP contribution in [0.1, 0.15) is 51.9 Å². The predicted molar refractivity (Wildman–Crippen MR) is 117 cm³/mol. The number of rotatable bonds is 5. The fraction of sp³-hybridized carbons (Fsp3) is 0.909. The number of likely N-dealkylation sites (tertiary alicyclic amines) is 1. The molecular formula is C22H36N4O3S. The average molecular weight is 437 g/mol. The molecule has 0 spiro atoms. The third-order valence-corrected chi connectivity index (χ3v) is 9.27. The largest absolute Gasteiger partial charge is 0.381 e. The smallest absolute Gasteiger partial charge is 0.241 e. The van der Waals surface area contributed by atoms with E-state index in [9.17, 15) is 9.59 Å². The number of carbonyl (C=O) groups excluding carboxylic acids is 2. The first-order valence-corrected chi connectivity index (χ1v) is 12.8. The Morgan fingerprint density at radius 3 is 2.73 bits per heavy atom. The number of amides is 2. The van der Waals surface area contributed by atoms with Crippen LogP contribution in [0.15, 0.2) is 0 Å². The summed E-state index contributed by atoms with van der Waals surface area (Å²) in [6.45, 7) is 3.77. The van der Waals surface area contributed by atoms with E-state index in [1.54, 1.807) is 11.8 Å². The molecule has 168 valence electrons. The van der Waals surface area contributed by atoms with Crippen molar-refractivity contribution in [3.05, 3.63) is 0 Å². The van der Waals surface area contributed by atoms with Crippen LogP contribution in [0.5, 0.6) is 0 Å². The van der Waals surface area contributed by atoms with E-state index in [4.69, 9.17) is 4.74 Å². The number of carbonyl (C=O) groups is 2. The SMILES string of the molecule is COC1CCCCC1C1CC(C)NCC1C(=O)NC1NC2C(=O)N(C3CC3)CC2S1. The normalized spacial score (nSPS) is 44.2. The van der Waals surface area contributed by atoms with Gasteiger partial charge in [0.15, 0.2) is 0 Å². The Morgan fingerprint density at radius 1 is 1.20 bits per heavy atom. The summed E-state index contributed by atoms with van der Waals surface area (Å²) in [7, 11) is 1.82. The van der Waals surface area contributed by atoms with Crippen molar-refractivity contribution in [3.63, 3.8) is 0 Å². The summed E-state index contributed by atoms with van der Waals surface area (Å²) < 4.78 is 5.84. The van der Waals surface area contributed by atoms with Gasteiger partial charge in [0.2, 0.25) is 11.8 Å². The molecule has 2 saturated carbocycles. The summed E-state index contributed by atoms with van der Waals surface area (Å²) >= 11 is 1.72. The molecule has 5 fully saturated rings. The van der Waals surface area contributed by atoms with E-state index < -0.39 is 0 Å². The van der Waals surface area contributed by atoms with Gasteiger partial charge in [0.25, 0.3) is 0 Å². The topological polar surface area (TPSA) is 82.7 Å². The number of nitrogens with one attached hydrogen (secondary N) is 3. The Labute approximate surface area is 183 Å². The van der Waals surface area contributed by atoms with E-state index in [0.29, 0.717) is 23.9 Å². The van der Waals surface area contributed by atoms with E-state index >= 15 is 0 Å². The lowest BCUT2D eigenvalue weighted by atomic mass is 9.68. The molecule has 3 aliphatic heterocycles. The summed E-state index contributed by atoms with van der Waals surface area (Å²) in [6, 6.07) is 0.763. The lowest BCUT2D eigenvalue weighted by Gasteiger charge is -2.44. The lowest BCUT2D eigenvalue weighted by molar-refractivity contribution is -0.132. The van der Waals surface area contributed by atoms with Crippen molar-refractivity contribution >= 4 is 23.6 Å². The lowest BCUT2D eigenvalue weighted by Crippen LogP contribution is -2.55. The minimum Gasteiger partial charge on any atom is -0.381 e. The molecular weight excluding hydrogens is 400 g/mol. The number of piperidine rings is 1. The molecule has 8 atom stereocenters. The Hall–Kier alpha value is -0.830. The van der Waals surface area contributed by atoms with Crippen molar-refractivity contribution in [2.75, 3.05) is 20.2 Å². The first-order chi connectivity index (χ1) is 14.5. The highest BCUT2D eigenvalue weighted by molar-refractivity contribution is 8.00. The van der Waals surface area contributed by atoms with Crippen molar-refractivity contribution in [3.8, 4) is 0 Å². The zero-order chi connectivity index (χ0) is 20.8. The molecule has 8 unspecified atom stereocenters. The minimum atomic E-state index is -0.164. The molecule has 8 heteroatoms. The quantitative estimate of drug-likeness (QED) is 0.602. The van der Waals surface area contributed by atoms with E-state index in [0.717, 1.165) is 45.2 Å². The van der Waals surface area contributed by atoms with Crippen LogP contribution in [0.3, 0.4) is 0 Å². The molecule has 3 heterocycles. The number of hydrogen-bond donors (Lipinski definition) is 3. The molecule has 0 aromatic heterocycles. The minimum absolute atomic E-state index is 0.0385. The molecule has 5 rings (SSSR count). The number of methoxy groups -OCH3 is 1. The Kier molecular flexibility index (Phi) is 6.03. The van der Waals surface area contributed by atoms with Crippen LogP contribution < -0.4 is 16.0 Å². The summed E-state index contributed by atoms with van der Waals surface area (Å²) in [5.74, 6) is 1.12. The molecule has 5 aliphatic rings. The van der Waals surface area contributed by atoms with Gasteiger partial charge in [-0.3, -0.25) is 14.9 Å². The van der Waals surface area contributed by atoms with Crippen LogP contribution in [0.2, 0.25) is 0 Å². The van der Waals surface area contributed by atoms with Gasteiger partial charge in [0.1, 0.15) is 11.5 Å². The molecule has 3 saturated heterocycles. The maximum Gasteiger partial charge on any atom is 0.241 e. The highest BCUT2D eigenvalue weighted by atomic mass is 32.2. The van der Waals surface area contributed by atoms with Gasteiger partial charge in [-0.25, -0.2) is 0 Å². The van der Waals surface area contributed by atoms with Gasteiger partial charge in [0, 0.05) is 32.3 Å². The molecule has 0 bridgehead atoms. The highest BCUT2D eigenvalue weighted by Crippen LogP contribution is 2.41. The zero-order valence-electron chi connectivity index (χ0n) is 18.1. The third-order valence-electron chi connectivity index (χ3n) is 7.97. The molecule has 2 amide bonds. The standard InChI is InChI=1S/C22H36N4O3S/c1-12-9-15(14-5-3-4-6-17(14)29-2)16(10-23-12)20(27)25-22-24-19-18(30-22)11-26(21(19)28)13-7-8-13/h12-19,22-24H,3-11H2,1-2H3,(H,25,27). The summed E-state index contributed by atoms with van der Waals surface area (Å²) in [5, 5.41) is 10.4. The van der Waals surface area contributed by atoms with Gasteiger partial charge in [-0.05, 0) is 50.9 Å². The second-order valence-electron chi connectivity index (χ2n) is 9.97. The summed E-state index contributed by atoms with van der Waals surface area (Å²) in [6.07, 6.45) is 8.32. The second-order valence-corrected chi connectivity index (χ2v) is 11.3. The van der Waals surface area contributed by atoms with Gasteiger partial charge in [-0.1, -0.05) is 12.8 Å². The molecule has 0 radical (unpaired) electrons. The molecule has 3 N–H and O–H groups in total. The van der Waals surface area contributed by atoms with Crippen molar-refractivity contribution in [2.45, 2.75) is 86.8 Å². The van der Waals surface area contributed by atoms with E-state index in [-0.39, 0.29) is 40.6 Å². The Balaban J connectivity index is 1.22. The van der Waals surface area contributed by atoms with Gasteiger partial charge in [-0.2, -0.15) is 0 Å². The number of ether oxygens (including phenoxy) is 1. The molecule has 2 aliphatic carbocycles. The number of fused-ring (bicyclic) bond motifs is 1. The fourth-order valence-electron chi connectivity index (χ4n) is 6.24. The van der Waals surface area contributed by atoms with E-state index in [1.165, 1.54) is 12.8 Å². The Bertz CT molecular complexity index is 675. The van der Waals surface area contributed by atoms with Gasteiger partial charge < -0.3 is 20.3 Å². The molecule has 0 aromatic carbocycles. The predicted octanol–water partition coefficient (Wildman–Crippen LogP) is 1.28. The zero-order valence-corrected chi connectivity index (χ0v) is 19.0. The fourth-order valence-corrected chi connectivity index (χ4v) is 7.59. The van der Waals surface area contributed by atoms with Crippen LogP contribution in [0.4, 0.5) is 0 Å². The van der Waals surface area contributed by atoms with Crippen molar-refractivity contribution in [2.24, 2.45) is 17.8 Å². The molecule has 30 heavy (non-hydrogen) atoms. The second kappa shape index (κ2) is 8.60. The average Bonchev–Trinajstić information content (AvgIpc) is 3.45. The van der Waals surface area contributed by atoms with E-state index in [1.807, 2.05) is 12.0 Å². The number of thioether (sulfide) groups is 1. The van der Waals surface area contributed by atoms with Crippen molar-refractivity contribution < 1.29 is 14.3 Å². The number of hydrogen-bond acceptors (Lipinski definition) is 6. The molecule has 0 aromatic rings. The molecule has 7 nitrogen and oxygen atoms in total. The summed E-state index contributed by atoms with van der Waals surface area (Å²) in [5.41, 5.74) is -0.164. The van der Waals surface area contributed by atoms with Crippen molar-refractivity contribution in [1.82, 2.24) is 20.9 Å². The Morgan fingerprint density at radius 2 is 2.00 bits per heavy atom. The first-order valence-electron chi connectivity index (χ1n) is 11.8. The van der Waals surface area contributed by atoms with Crippen LogP contribution in [0, 0.1) is 17.8 Å². The van der Waals surface area contributed by atoms with Gasteiger partial charge in [0.05, 0.1) is 17.3 Å². The van der Waals surface area contributed by atoms with Gasteiger partial charge in [-0.15, -0.1) is 11.8 Å². The van der Waals surface area contributed by atoms with Crippen LogP contribution in [-0.4, -0.2) is 71.9 Å². The third kappa shape index (κ3) is 4.00. The van der Waals surface area contributed by atoms with Gasteiger partial charge >= 0.3 is 0 Å². The number of nitrogens with zero attached hydrogens (tertiary/aromatic N) is 1. The van der Waals surface area contributed by atoms with Crippen LogP contribution in [0.25, 0.3) is 0 Å². The van der Waals surface area contributed by atoms with Crippen LogP contribution in [-0.2, 0) is 14.3 Å². The summed E-state index contributed by atoms with van der Waals surface area (Å²) in [4.78, 5) is 28.1.